The highest BCUT2D eigenvalue weighted by Crippen LogP contribution is 2.36. The van der Waals surface area contributed by atoms with E-state index >= 15 is 0 Å². The van der Waals surface area contributed by atoms with Crippen molar-refractivity contribution in [1.29, 1.82) is 0 Å². The highest BCUT2D eigenvalue weighted by atomic mass is 16.1. The van der Waals surface area contributed by atoms with Gasteiger partial charge in [0.15, 0.2) is 0 Å². The van der Waals surface area contributed by atoms with Crippen molar-refractivity contribution in [2.24, 2.45) is 11.8 Å². The van der Waals surface area contributed by atoms with Crippen molar-refractivity contribution in [3.63, 3.8) is 0 Å². The van der Waals surface area contributed by atoms with Gasteiger partial charge in [-0.05, 0) is 49.4 Å². The second-order valence-corrected chi connectivity index (χ2v) is 4.79. The van der Waals surface area contributed by atoms with Crippen molar-refractivity contribution < 1.29 is 4.79 Å². The molecule has 1 amide bonds. The Bertz CT molecular complexity index is 386. The number of amides is 1. The van der Waals surface area contributed by atoms with Gasteiger partial charge in [-0.25, -0.2) is 0 Å². The molecule has 1 aromatic rings. The summed E-state index contributed by atoms with van der Waals surface area (Å²) in [4.78, 5) is 11.8. The minimum Gasteiger partial charge on any atom is -0.385 e. The van der Waals surface area contributed by atoms with Crippen LogP contribution < -0.4 is 10.6 Å². The number of hydrogen-bond acceptors (Lipinski definition) is 2. The first-order chi connectivity index (χ1) is 8.20. The lowest BCUT2D eigenvalue weighted by atomic mass is 10.2. The maximum absolute atomic E-state index is 11.8. The number of benzene rings is 1. The van der Waals surface area contributed by atoms with Gasteiger partial charge in [0.2, 0.25) is 0 Å². The van der Waals surface area contributed by atoms with Gasteiger partial charge >= 0.3 is 0 Å². The number of anilines is 1. The van der Waals surface area contributed by atoms with E-state index in [1.54, 1.807) is 0 Å². The van der Waals surface area contributed by atoms with Crippen LogP contribution in [0.1, 0.15) is 30.6 Å². The Hall–Kier alpha value is -1.51. The molecule has 0 heterocycles. The SMILES string of the molecule is CCNc1ccc(C(=O)NCC2CC2C)cc1. The van der Waals surface area contributed by atoms with Crippen molar-refractivity contribution >= 4 is 11.6 Å². The second-order valence-electron chi connectivity index (χ2n) is 4.79. The zero-order valence-corrected chi connectivity index (χ0v) is 10.5. The van der Waals surface area contributed by atoms with Gasteiger partial charge in [0.25, 0.3) is 5.91 Å². The van der Waals surface area contributed by atoms with Crippen LogP contribution in [0.15, 0.2) is 24.3 Å². The molecule has 0 saturated heterocycles. The van der Waals surface area contributed by atoms with Gasteiger partial charge in [0.05, 0.1) is 0 Å². The van der Waals surface area contributed by atoms with Crippen LogP contribution in [0.5, 0.6) is 0 Å². The van der Waals surface area contributed by atoms with E-state index in [0.29, 0.717) is 5.92 Å². The Morgan fingerprint density at radius 2 is 2.00 bits per heavy atom. The number of hydrogen-bond donors (Lipinski definition) is 2. The number of carbonyl (C=O) groups excluding carboxylic acids is 1. The minimum absolute atomic E-state index is 0.0344. The zero-order valence-electron chi connectivity index (χ0n) is 10.5. The summed E-state index contributed by atoms with van der Waals surface area (Å²) in [5, 5.41) is 6.19. The quantitative estimate of drug-likeness (QED) is 0.819. The molecular weight excluding hydrogens is 212 g/mol. The fourth-order valence-corrected chi connectivity index (χ4v) is 1.95. The van der Waals surface area contributed by atoms with Gasteiger partial charge in [-0.2, -0.15) is 0 Å². The smallest absolute Gasteiger partial charge is 0.251 e. The molecule has 0 spiro atoms. The Morgan fingerprint density at radius 3 is 2.53 bits per heavy atom. The van der Waals surface area contributed by atoms with Gasteiger partial charge in [-0.1, -0.05) is 6.92 Å². The summed E-state index contributed by atoms with van der Waals surface area (Å²) in [6.45, 7) is 5.99. The molecule has 1 aliphatic rings. The average Bonchev–Trinajstić information content (AvgIpc) is 3.04. The van der Waals surface area contributed by atoms with E-state index in [1.165, 1.54) is 6.42 Å². The summed E-state index contributed by atoms with van der Waals surface area (Å²) in [6.07, 6.45) is 1.25. The van der Waals surface area contributed by atoms with Crippen LogP contribution in [-0.4, -0.2) is 19.0 Å². The molecule has 0 aromatic heterocycles. The average molecular weight is 232 g/mol. The van der Waals surface area contributed by atoms with E-state index in [4.69, 9.17) is 0 Å². The third kappa shape index (κ3) is 3.22. The fraction of sp³-hybridized carbons (Fsp3) is 0.500. The Labute approximate surface area is 103 Å². The molecule has 3 nitrogen and oxygen atoms in total. The lowest BCUT2D eigenvalue weighted by Crippen LogP contribution is -2.25. The van der Waals surface area contributed by atoms with Crippen LogP contribution >= 0.6 is 0 Å². The summed E-state index contributed by atoms with van der Waals surface area (Å²) in [5.41, 5.74) is 1.79. The zero-order chi connectivity index (χ0) is 12.3. The maximum atomic E-state index is 11.8. The van der Waals surface area contributed by atoms with E-state index in [2.05, 4.69) is 24.5 Å². The highest BCUT2D eigenvalue weighted by molar-refractivity contribution is 5.94. The summed E-state index contributed by atoms with van der Waals surface area (Å²) in [7, 11) is 0. The third-order valence-electron chi connectivity index (χ3n) is 3.33. The van der Waals surface area contributed by atoms with Crippen molar-refractivity contribution in [1.82, 2.24) is 5.32 Å². The molecule has 2 atom stereocenters. The first-order valence-corrected chi connectivity index (χ1v) is 6.33. The largest absolute Gasteiger partial charge is 0.385 e. The van der Waals surface area contributed by atoms with Gasteiger partial charge < -0.3 is 10.6 Å². The van der Waals surface area contributed by atoms with Crippen molar-refractivity contribution in [2.45, 2.75) is 20.3 Å². The summed E-state index contributed by atoms with van der Waals surface area (Å²) in [5.74, 6) is 1.51. The molecule has 2 rings (SSSR count). The van der Waals surface area contributed by atoms with Crippen LogP contribution in [0.4, 0.5) is 5.69 Å². The molecule has 1 fully saturated rings. The van der Waals surface area contributed by atoms with Crippen molar-refractivity contribution in [2.75, 3.05) is 18.4 Å². The van der Waals surface area contributed by atoms with E-state index in [0.717, 1.165) is 30.3 Å². The summed E-state index contributed by atoms with van der Waals surface area (Å²) in [6, 6.07) is 7.61. The van der Waals surface area contributed by atoms with Crippen LogP contribution in [0, 0.1) is 11.8 Å². The maximum Gasteiger partial charge on any atom is 0.251 e. The Kier molecular flexibility index (Phi) is 3.67. The molecule has 1 saturated carbocycles. The summed E-state index contributed by atoms with van der Waals surface area (Å²) < 4.78 is 0. The first-order valence-electron chi connectivity index (χ1n) is 6.33. The van der Waals surface area contributed by atoms with Crippen LogP contribution in [-0.2, 0) is 0 Å². The molecule has 2 N–H and O–H groups in total. The normalized spacial score (nSPS) is 22.0. The van der Waals surface area contributed by atoms with Crippen molar-refractivity contribution in [3.05, 3.63) is 29.8 Å². The second kappa shape index (κ2) is 5.21. The molecule has 17 heavy (non-hydrogen) atoms. The Balaban J connectivity index is 1.85. The molecule has 92 valence electrons. The molecular formula is C14H20N2O. The van der Waals surface area contributed by atoms with Gasteiger partial charge in [-0.3, -0.25) is 4.79 Å². The number of nitrogens with one attached hydrogen (secondary N) is 2. The molecule has 0 aliphatic heterocycles. The number of carbonyl (C=O) groups is 1. The van der Waals surface area contributed by atoms with E-state index < -0.39 is 0 Å². The monoisotopic (exact) mass is 232 g/mol. The highest BCUT2D eigenvalue weighted by Gasteiger charge is 2.32. The predicted octanol–water partition coefficient (Wildman–Crippen LogP) is 2.50. The molecule has 3 heteroatoms. The first kappa shape index (κ1) is 12.0. The third-order valence-corrected chi connectivity index (χ3v) is 3.33. The van der Waals surface area contributed by atoms with E-state index in [1.807, 2.05) is 24.3 Å². The van der Waals surface area contributed by atoms with Crippen LogP contribution in [0.3, 0.4) is 0 Å². The molecule has 1 aromatic carbocycles. The molecule has 0 bridgehead atoms. The standard InChI is InChI=1S/C14H20N2O/c1-3-15-13-6-4-11(5-7-13)14(17)16-9-12-8-10(12)2/h4-7,10,12,15H,3,8-9H2,1-2H3,(H,16,17). The lowest BCUT2D eigenvalue weighted by molar-refractivity contribution is 0.0951. The van der Waals surface area contributed by atoms with E-state index in [-0.39, 0.29) is 5.91 Å². The van der Waals surface area contributed by atoms with Gasteiger partial charge in [0, 0.05) is 24.3 Å². The predicted molar refractivity (Wildman–Crippen MR) is 70.2 cm³/mol. The minimum atomic E-state index is 0.0344. The Morgan fingerprint density at radius 1 is 1.35 bits per heavy atom. The van der Waals surface area contributed by atoms with Gasteiger partial charge in [0.1, 0.15) is 0 Å². The van der Waals surface area contributed by atoms with Crippen molar-refractivity contribution in [3.8, 4) is 0 Å². The van der Waals surface area contributed by atoms with Gasteiger partial charge in [-0.15, -0.1) is 0 Å². The van der Waals surface area contributed by atoms with Crippen LogP contribution in [0.25, 0.3) is 0 Å². The molecule has 1 aliphatic carbocycles. The van der Waals surface area contributed by atoms with Crippen LogP contribution in [0.2, 0.25) is 0 Å². The topological polar surface area (TPSA) is 41.1 Å². The number of rotatable bonds is 5. The lowest BCUT2D eigenvalue weighted by Gasteiger charge is -2.06. The fourth-order valence-electron chi connectivity index (χ4n) is 1.95. The summed E-state index contributed by atoms with van der Waals surface area (Å²) >= 11 is 0. The van der Waals surface area contributed by atoms with E-state index in [9.17, 15) is 4.79 Å². The molecule has 2 unspecified atom stereocenters. The molecule has 0 radical (unpaired) electrons.